The van der Waals surface area contributed by atoms with Crippen molar-refractivity contribution in [2.24, 2.45) is 0 Å². The van der Waals surface area contributed by atoms with Crippen molar-refractivity contribution < 1.29 is 13.6 Å². The lowest BCUT2D eigenvalue weighted by molar-refractivity contribution is 0.381. The summed E-state index contributed by atoms with van der Waals surface area (Å²) in [7, 11) is -1.85. The summed E-state index contributed by atoms with van der Waals surface area (Å²) in [5.74, 6) is 2.71. The molecule has 0 amide bonds. The zero-order valence-electron chi connectivity index (χ0n) is 48.2. The predicted molar refractivity (Wildman–Crippen MR) is 311 cm³/mol. The standard InChI is InChI=1S/C66H111O3P/c1-13-16-19-22-25-28-31-34-37-40-43-55-52-58(64(4,5)6)46-49-61(55)67-70(68-62-50-47-59(65(7,8)9)53-56(62)44-41-38-35-32-29-26-23-20-17-14-2)69-63-51-48-60(66(10,11)12)54-57(63)45-42-39-36-33-30-27-24-21-18-15-3/h46-54H,13-45H2,1-12H3. The molecule has 4 heteroatoms. The second-order valence-electron chi connectivity index (χ2n) is 24.5. The van der Waals surface area contributed by atoms with Crippen LogP contribution in [0.3, 0.4) is 0 Å². The van der Waals surface area contributed by atoms with E-state index in [1.54, 1.807) is 0 Å². The number of unbranched alkanes of at least 4 members (excludes halogenated alkanes) is 27. The van der Waals surface area contributed by atoms with Crippen LogP contribution in [0.2, 0.25) is 0 Å². The first-order valence-corrected chi connectivity index (χ1v) is 30.9. The molecule has 0 unspecified atom stereocenters. The maximum Gasteiger partial charge on any atom is 0.530 e. The summed E-state index contributed by atoms with van der Waals surface area (Å²) in [6, 6.07) is 20.7. The Kier molecular flexibility index (Phi) is 30.7. The Labute approximate surface area is 436 Å². The molecule has 0 radical (unpaired) electrons. The average molecular weight is 984 g/mol. The van der Waals surface area contributed by atoms with E-state index in [9.17, 15) is 0 Å². The van der Waals surface area contributed by atoms with Crippen LogP contribution in [-0.2, 0) is 35.5 Å². The fourth-order valence-corrected chi connectivity index (χ4v) is 10.8. The molecule has 0 heterocycles. The van der Waals surface area contributed by atoms with Crippen LogP contribution in [0.5, 0.6) is 17.2 Å². The first-order valence-electron chi connectivity index (χ1n) is 29.8. The summed E-state index contributed by atoms with van der Waals surface area (Å²) in [5, 5.41) is 0. The molecule has 0 aliphatic rings. The Balaban J connectivity index is 1.94. The van der Waals surface area contributed by atoms with Crippen LogP contribution in [0, 0.1) is 0 Å². The minimum absolute atomic E-state index is 0.0411. The van der Waals surface area contributed by atoms with Crippen molar-refractivity contribution in [3.05, 3.63) is 88.0 Å². The minimum Gasteiger partial charge on any atom is -0.408 e. The highest BCUT2D eigenvalue weighted by atomic mass is 31.2. The molecule has 3 aromatic carbocycles. The molecule has 0 aliphatic heterocycles. The van der Waals surface area contributed by atoms with Gasteiger partial charge in [-0.05, 0) is 106 Å². The molecule has 0 saturated carbocycles. The third-order valence-electron chi connectivity index (χ3n) is 14.7. The fourth-order valence-electron chi connectivity index (χ4n) is 9.70. The third kappa shape index (κ3) is 25.9. The molecule has 0 atom stereocenters. The maximum atomic E-state index is 7.20. The highest BCUT2D eigenvalue weighted by Gasteiger charge is 2.27. The summed E-state index contributed by atoms with van der Waals surface area (Å²) >= 11 is 0. The van der Waals surface area contributed by atoms with Gasteiger partial charge < -0.3 is 13.6 Å². The first kappa shape index (κ1) is 61.8. The average Bonchev–Trinajstić information content (AvgIpc) is 3.31. The van der Waals surface area contributed by atoms with Crippen LogP contribution in [0.4, 0.5) is 0 Å². The Hall–Kier alpha value is -2.51. The molecule has 0 spiro atoms. The maximum absolute atomic E-state index is 7.20. The first-order chi connectivity index (χ1) is 33.6. The molecule has 398 valence electrons. The van der Waals surface area contributed by atoms with Gasteiger partial charge >= 0.3 is 8.60 Å². The van der Waals surface area contributed by atoms with Gasteiger partial charge in [-0.2, -0.15) is 0 Å². The van der Waals surface area contributed by atoms with Crippen molar-refractivity contribution in [2.45, 2.75) is 311 Å². The zero-order chi connectivity index (χ0) is 51.1. The van der Waals surface area contributed by atoms with Gasteiger partial charge in [0.2, 0.25) is 0 Å². The van der Waals surface area contributed by atoms with E-state index in [1.807, 2.05) is 0 Å². The summed E-state index contributed by atoms with van der Waals surface area (Å²) < 4.78 is 21.6. The Bertz CT molecular complexity index is 1580. The smallest absolute Gasteiger partial charge is 0.408 e. The summed E-state index contributed by atoms with van der Waals surface area (Å²) in [4.78, 5) is 0. The Morgan fingerprint density at radius 1 is 0.286 bits per heavy atom. The number of hydrogen-bond donors (Lipinski definition) is 0. The Morgan fingerprint density at radius 2 is 0.486 bits per heavy atom. The van der Waals surface area contributed by atoms with Crippen molar-refractivity contribution in [3.8, 4) is 17.2 Å². The summed E-state index contributed by atoms with van der Waals surface area (Å²) in [6.07, 6.45) is 42.9. The topological polar surface area (TPSA) is 27.7 Å². The van der Waals surface area contributed by atoms with E-state index in [1.165, 1.54) is 207 Å². The van der Waals surface area contributed by atoms with E-state index in [0.717, 1.165) is 55.8 Å². The number of hydrogen-bond acceptors (Lipinski definition) is 3. The normalized spacial score (nSPS) is 12.3. The predicted octanol–water partition coefficient (Wildman–Crippen LogP) is 22.7. The molecule has 70 heavy (non-hydrogen) atoms. The van der Waals surface area contributed by atoms with Crippen molar-refractivity contribution in [2.75, 3.05) is 0 Å². The van der Waals surface area contributed by atoms with E-state index in [0.29, 0.717) is 0 Å². The van der Waals surface area contributed by atoms with E-state index in [-0.39, 0.29) is 16.2 Å². The molecule has 0 fully saturated rings. The fraction of sp³-hybridized carbons (Fsp3) is 0.727. The van der Waals surface area contributed by atoms with Gasteiger partial charge in [0.25, 0.3) is 0 Å². The third-order valence-corrected chi connectivity index (χ3v) is 15.7. The van der Waals surface area contributed by atoms with Gasteiger partial charge in [-0.15, -0.1) is 0 Å². The van der Waals surface area contributed by atoms with Gasteiger partial charge in [0.05, 0.1) is 0 Å². The van der Waals surface area contributed by atoms with Crippen LogP contribution < -0.4 is 13.6 Å². The quantitative estimate of drug-likeness (QED) is 0.0421. The Morgan fingerprint density at radius 3 is 0.686 bits per heavy atom. The molecule has 3 nitrogen and oxygen atoms in total. The van der Waals surface area contributed by atoms with Crippen LogP contribution >= 0.6 is 8.60 Å². The van der Waals surface area contributed by atoms with Crippen LogP contribution in [0.15, 0.2) is 54.6 Å². The molecule has 0 N–H and O–H groups in total. The molecular weight excluding hydrogens is 872 g/mol. The summed E-state index contributed by atoms with van der Waals surface area (Å²) in [6.45, 7) is 27.8. The molecular formula is C66H111O3P. The number of benzene rings is 3. The largest absolute Gasteiger partial charge is 0.530 e. The van der Waals surface area contributed by atoms with Crippen molar-refractivity contribution in [1.82, 2.24) is 0 Å². The SMILES string of the molecule is CCCCCCCCCCCCc1cc(C(C)(C)C)ccc1OP(Oc1ccc(C(C)(C)C)cc1CCCCCCCCCCCC)Oc1ccc(C(C)(C)C)cc1CCCCCCCCCCCC. The van der Waals surface area contributed by atoms with E-state index in [2.05, 4.69) is 138 Å². The van der Waals surface area contributed by atoms with E-state index >= 15 is 0 Å². The lowest BCUT2D eigenvalue weighted by atomic mass is 9.85. The zero-order valence-corrected chi connectivity index (χ0v) is 49.1. The van der Waals surface area contributed by atoms with Crippen LogP contribution in [-0.4, -0.2) is 0 Å². The van der Waals surface area contributed by atoms with Gasteiger partial charge in [-0.25, -0.2) is 0 Å². The van der Waals surface area contributed by atoms with Gasteiger partial charge in [-0.3, -0.25) is 0 Å². The van der Waals surface area contributed by atoms with Crippen molar-refractivity contribution >= 4 is 8.60 Å². The van der Waals surface area contributed by atoms with Gasteiger partial charge in [0, 0.05) is 0 Å². The van der Waals surface area contributed by atoms with Gasteiger partial charge in [0.1, 0.15) is 17.2 Å². The van der Waals surface area contributed by atoms with Gasteiger partial charge in [-0.1, -0.05) is 293 Å². The number of aryl methyl sites for hydroxylation is 3. The van der Waals surface area contributed by atoms with Crippen molar-refractivity contribution in [3.63, 3.8) is 0 Å². The van der Waals surface area contributed by atoms with E-state index < -0.39 is 8.60 Å². The summed E-state index contributed by atoms with van der Waals surface area (Å²) in [5.41, 5.74) is 7.99. The second kappa shape index (κ2) is 34.8. The highest BCUT2D eigenvalue weighted by molar-refractivity contribution is 7.43. The lowest BCUT2D eigenvalue weighted by Gasteiger charge is -2.26. The van der Waals surface area contributed by atoms with Gasteiger partial charge in [0.15, 0.2) is 0 Å². The molecule has 3 rings (SSSR count). The molecule has 0 bridgehead atoms. The van der Waals surface area contributed by atoms with Crippen LogP contribution in [0.25, 0.3) is 0 Å². The lowest BCUT2D eigenvalue weighted by Crippen LogP contribution is -2.13. The van der Waals surface area contributed by atoms with Crippen LogP contribution in [0.1, 0.15) is 309 Å². The molecule has 0 saturated heterocycles. The highest BCUT2D eigenvalue weighted by Crippen LogP contribution is 2.47. The molecule has 3 aromatic rings. The monoisotopic (exact) mass is 983 g/mol. The molecule has 0 aliphatic carbocycles. The minimum atomic E-state index is -1.85. The second-order valence-corrected chi connectivity index (χ2v) is 25.5. The van der Waals surface area contributed by atoms with Crippen molar-refractivity contribution in [1.29, 1.82) is 0 Å². The molecule has 0 aromatic heterocycles. The number of rotatable bonds is 39. The van der Waals surface area contributed by atoms with E-state index in [4.69, 9.17) is 13.6 Å².